The van der Waals surface area contributed by atoms with E-state index >= 15 is 0 Å². The lowest BCUT2D eigenvalue weighted by Gasteiger charge is -2.20. The van der Waals surface area contributed by atoms with Gasteiger partial charge in [-0.2, -0.15) is 10.2 Å². The minimum absolute atomic E-state index is 0.172. The van der Waals surface area contributed by atoms with E-state index in [1.165, 1.54) is 26.8 Å². The van der Waals surface area contributed by atoms with Crippen molar-refractivity contribution in [1.82, 2.24) is 24.3 Å². The Hall–Kier alpha value is -3.53. The maximum Gasteiger partial charge on any atom is 0.264 e. The molecule has 0 saturated carbocycles. The van der Waals surface area contributed by atoms with Crippen molar-refractivity contribution in [2.24, 2.45) is 12.1 Å². The van der Waals surface area contributed by atoms with Crippen molar-refractivity contribution >= 4 is 34.0 Å². The highest BCUT2D eigenvalue weighted by Crippen LogP contribution is 2.34. The predicted molar refractivity (Wildman–Crippen MR) is 107 cm³/mol. The summed E-state index contributed by atoms with van der Waals surface area (Å²) in [7, 11) is 1.71. The number of carbonyl (C=O) groups excluding carboxylic acids is 1. The normalized spacial score (nSPS) is 16.5. The maximum absolute atomic E-state index is 13.1. The second-order valence-electron chi connectivity index (χ2n) is 6.68. The maximum atomic E-state index is 13.1. The lowest BCUT2D eigenvalue weighted by Crippen LogP contribution is -2.33. The van der Waals surface area contributed by atoms with Crippen molar-refractivity contribution in [3.8, 4) is 0 Å². The van der Waals surface area contributed by atoms with Gasteiger partial charge in [0.15, 0.2) is 5.65 Å². The molecule has 1 unspecified atom stereocenters. The number of hydrazone groups is 1. The average molecular weight is 408 g/mol. The zero-order valence-electron chi connectivity index (χ0n) is 15.4. The van der Waals surface area contributed by atoms with E-state index < -0.39 is 0 Å². The van der Waals surface area contributed by atoms with Crippen LogP contribution in [0.4, 0.5) is 0 Å². The molecule has 0 N–H and O–H groups in total. The van der Waals surface area contributed by atoms with Gasteiger partial charge in [0, 0.05) is 13.5 Å². The van der Waals surface area contributed by atoms with Gasteiger partial charge in [0.25, 0.3) is 11.5 Å². The molecule has 0 aromatic carbocycles. The Morgan fingerprint density at radius 3 is 3.00 bits per heavy atom. The van der Waals surface area contributed by atoms with Crippen molar-refractivity contribution in [1.29, 1.82) is 0 Å². The summed E-state index contributed by atoms with van der Waals surface area (Å²) in [4.78, 5) is 31.1. The number of hydrogen-bond donors (Lipinski definition) is 0. The van der Waals surface area contributed by atoms with Crippen LogP contribution in [0.1, 0.15) is 23.1 Å². The van der Waals surface area contributed by atoms with Crippen LogP contribution in [0.5, 0.6) is 0 Å². The second kappa shape index (κ2) is 6.82. The smallest absolute Gasteiger partial charge is 0.264 e. The van der Waals surface area contributed by atoms with Gasteiger partial charge in [0.2, 0.25) is 0 Å². The van der Waals surface area contributed by atoms with Gasteiger partial charge in [0.05, 0.1) is 23.0 Å². The van der Waals surface area contributed by atoms with E-state index in [0.717, 1.165) is 10.6 Å². The zero-order chi connectivity index (χ0) is 20.0. The van der Waals surface area contributed by atoms with Gasteiger partial charge in [-0.1, -0.05) is 6.07 Å². The standard InChI is InChI=1S/C19H16N6O3S/c1-23-18-12(9-21-23)19(27)24(11-20-18)10-17(26)25-14(15-4-2-6-28-15)8-13(22-25)16-5-3-7-29-16/h2-7,9,11,14H,8,10H2,1H3. The van der Waals surface area contributed by atoms with E-state index in [4.69, 9.17) is 4.42 Å². The van der Waals surface area contributed by atoms with Crippen LogP contribution in [0.15, 0.2) is 62.7 Å². The van der Waals surface area contributed by atoms with Gasteiger partial charge in [0.1, 0.15) is 30.1 Å². The lowest BCUT2D eigenvalue weighted by molar-refractivity contribution is -0.134. The number of hydrogen-bond acceptors (Lipinski definition) is 7. The van der Waals surface area contributed by atoms with Crippen LogP contribution in [0, 0.1) is 0 Å². The van der Waals surface area contributed by atoms with Crippen molar-refractivity contribution in [2.45, 2.75) is 19.0 Å². The molecule has 5 heterocycles. The van der Waals surface area contributed by atoms with Crippen LogP contribution in [-0.4, -0.2) is 36.0 Å². The van der Waals surface area contributed by atoms with Gasteiger partial charge in [-0.05, 0) is 23.6 Å². The molecule has 10 heteroatoms. The molecule has 1 aliphatic heterocycles. The minimum atomic E-state index is -0.347. The quantitative estimate of drug-likeness (QED) is 0.515. The summed E-state index contributed by atoms with van der Waals surface area (Å²) in [5.41, 5.74) is 0.988. The van der Waals surface area contributed by atoms with E-state index in [9.17, 15) is 9.59 Å². The van der Waals surface area contributed by atoms with Gasteiger partial charge < -0.3 is 4.42 Å². The Bertz CT molecular complexity index is 1270. The SMILES string of the molecule is Cn1ncc2c(=O)n(CC(=O)N3N=C(c4cccs4)CC3c3ccco3)cnc21. The fourth-order valence-corrected chi connectivity index (χ4v) is 4.15. The first-order chi connectivity index (χ1) is 14.1. The molecule has 4 aromatic heterocycles. The van der Waals surface area contributed by atoms with Gasteiger partial charge >= 0.3 is 0 Å². The molecule has 1 aliphatic rings. The summed E-state index contributed by atoms with van der Waals surface area (Å²) in [5.74, 6) is 0.340. The highest BCUT2D eigenvalue weighted by molar-refractivity contribution is 7.12. The number of rotatable bonds is 4. The number of furan rings is 1. The fraction of sp³-hybridized carbons (Fsp3) is 0.211. The van der Waals surface area contributed by atoms with Crippen LogP contribution in [0.25, 0.3) is 11.0 Å². The lowest BCUT2D eigenvalue weighted by atomic mass is 10.1. The fourth-order valence-electron chi connectivity index (χ4n) is 3.43. The Morgan fingerprint density at radius 2 is 2.24 bits per heavy atom. The molecule has 0 saturated heterocycles. The van der Waals surface area contributed by atoms with E-state index in [1.807, 2.05) is 23.6 Å². The van der Waals surface area contributed by atoms with Crippen molar-refractivity contribution in [2.75, 3.05) is 0 Å². The summed E-state index contributed by atoms with van der Waals surface area (Å²) < 4.78 is 8.35. The summed E-state index contributed by atoms with van der Waals surface area (Å²) in [6.07, 6.45) is 4.95. The topological polar surface area (TPSA) is 98.5 Å². The third-order valence-corrected chi connectivity index (χ3v) is 5.79. The first kappa shape index (κ1) is 17.6. The first-order valence-electron chi connectivity index (χ1n) is 8.96. The van der Waals surface area contributed by atoms with E-state index in [2.05, 4.69) is 15.2 Å². The highest BCUT2D eigenvalue weighted by Gasteiger charge is 2.35. The molecule has 9 nitrogen and oxygen atoms in total. The van der Waals surface area contributed by atoms with Crippen molar-refractivity contribution < 1.29 is 9.21 Å². The predicted octanol–water partition coefficient (Wildman–Crippen LogP) is 2.16. The Kier molecular flexibility index (Phi) is 4.13. The molecule has 1 amide bonds. The Labute approximate surface area is 168 Å². The molecule has 0 spiro atoms. The Morgan fingerprint density at radius 1 is 1.34 bits per heavy atom. The van der Waals surface area contributed by atoms with Crippen molar-refractivity contribution in [3.63, 3.8) is 0 Å². The molecule has 29 heavy (non-hydrogen) atoms. The average Bonchev–Trinajstić information content (AvgIpc) is 3.50. The van der Waals surface area contributed by atoms with Gasteiger partial charge in [-0.15, -0.1) is 11.3 Å². The molecule has 1 atom stereocenters. The number of carbonyl (C=O) groups is 1. The number of aryl methyl sites for hydroxylation is 1. The number of aromatic nitrogens is 4. The molecule has 0 radical (unpaired) electrons. The summed E-state index contributed by atoms with van der Waals surface area (Å²) in [6, 6.07) is 7.18. The molecule has 4 aromatic rings. The third kappa shape index (κ3) is 2.97. The molecule has 0 fully saturated rings. The Balaban J connectivity index is 1.48. The minimum Gasteiger partial charge on any atom is -0.467 e. The van der Waals surface area contributed by atoms with Gasteiger partial charge in [-0.25, -0.2) is 9.99 Å². The largest absolute Gasteiger partial charge is 0.467 e. The van der Waals surface area contributed by atoms with Gasteiger partial charge in [-0.3, -0.25) is 18.8 Å². The summed E-state index contributed by atoms with van der Waals surface area (Å²) in [5, 5.41) is 12.4. The third-order valence-electron chi connectivity index (χ3n) is 4.87. The monoisotopic (exact) mass is 408 g/mol. The number of fused-ring (bicyclic) bond motifs is 1. The van der Waals surface area contributed by atoms with Crippen LogP contribution >= 0.6 is 11.3 Å². The molecule has 146 valence electrons. The molecule has 0 bridgehead atoms. The van der Waals surface area contributed by atoms with E-state index in [1.54, 1.807) is 30.7 Å². The summed E-state index contributed by atoms with van der Waals surface area (Å²) in [6.45, 7) is -0.172. The number of amides is 1. The van der Waals surface area contributed by atoms with E-state index in [0.29, 0.717) is 23.2 Å². The highest BCUT2D eigenvalue weighted by atomic mass is 32.1. The molecule has 5 rings (SSSR count). The van der Waals surface area contributed by atoms with Crippen LogP contribution in [0.2, 0.25) is 0 Å². The van der Waals surface area contributed by atoms with Crippen LogP contribution in [0.3, 0.4) is 0 Å². The molecule has 0 aliphatic carbocycles. The number of thiophene rings is 1. The first-order valence-corrected chi connectivity index (χ1v) is 9.84. The molecular formula is C19H16N6O3S. The second-order valence-corrected chi connectivity index (χ2v) is 7.63. The zero-order valence-corrected chi connectivity index (χ0v) is 16.2. The van der Waals surface area contributed by atoms with Crippen LogP contribution in [-0.2, 0) is 18.4 Å². The van der Waals surface area contributed by atoms with Crippen molar-refractivity contribution in [3.05, 3.63) is 69.4 Å². The van der Waals surface area contributed by atoms with Crippen LogP contribution < -0.4 is 5.56 Å². The summed E-state index contributed by atoms with van der Waals surface area (Å²) >= 11 is 1.57. The number of nitrogens with zero attached hydrogens (tertiary/aromatic N) is 6. The molecular weight excluding hydrogens is 392 g/mol. The van der Waals surface area contributed by atoms with E-state index in [-0.39, 0.29) is 24.1 Å².